The van der Waals surface area contributed by atoms with Crippen LogP contribution >= 0.6 is 15.9 Å². The van der Waals surface area contributed by atoms with Gasteiger partial charge in [-0.2, -0.15) is 4.98 Å². The highest BCUT2D eigenvalue weighted by molar-refractivity contribution is 9.10. The Morgan fingerprint density at radius 3 is 2.60 bits per heavy atom. The first-order valence-corrected chi connectivity index (χ1v) is 7.30. The second-order valence-corrected chi connectivity index (χ2v) is 6.16. The Labute approximate surface area is 126 Å². The molecule has 0 bridgehead atoms. The first-order chi connectivity index (χ1) is 9.40. The molecule has 1 aromatic carbocycles. The van der Waals surface area contributed by atoms with E-state index in [-0.39, 0.29) is 17.6 Å². The maximum absolute atomic E-state index is 11.7. The van der Waals surface area contributed by atoms with Crippen LogP contribution in [0.25, 0.3) is 11.4 Å². The number of halogens is 1. The second kappa shape index (κ2) is 5.87. The lowest BCUT2D eigenvalue weighted by atomic mass is 9.92. The Hall–Kier alpha value is -1.49. The third-order valence-electron chi connectivity index (χ3n) is 3.24. The van der Waals surface area contributed by atoms with E-state index in [1.165, 1.54) is 0 Å². The van der Waals surface area contributed by atoms with Gasteiger partial charge in [0.1, 0.15) is 5.78 Å². The molecule has 0 aliphatic heterocycles. The van der Waals surface area contributed by atoms with E-state index in [0.29, 0.717) is 11.7 Å². The quantitative estimate of drug-likeness (QED) is 0.841. The topological polar surface area (TPSA) is 56.0 Å². The number of Topliss-reactive ketones (excluding diaryl/α,β-unsaturated/α-hetero) is 1. The minimum atomic E-state index is -0.341. The van der Waals surface area contributed by atoms with Crippen molar-refractivity contribution in [3.05, 3.63) is 34.1 Å². The predicted molar refractivity (Wildman–Crippen MR) is 80.4 cm³/mol. The van der Waals surface area contributed by atoms with E-state index < -0.39 is 0 Å². The van der Waals surface area contributed by atoms with Crippen molar-refractivity contribution >= 4 is 21.7 Å². The van der Waals surface area contributed by atoms with Gasteiger partial charge in [-0.15, -0.1) is 0 Å². The summed E-state index contributed by atoms with van der Waals surface area (Å²) in [5, 5.41) is 4.01. The number of carbonyl (C=O) groups excluding carboxylic acids is 1. The zero-order chi connectivity index (χ0) is 14.9. The molecule has 0 amide bonds. The summed E-state index contributed by atoms with van der Waals surface area (Å²) in [5.74, 6) is 0.753. The predicted octanol–water partition coefficient (Wildman–Crippen LogP) is 4.14. The minimum Gasteiger partial charge on any atom is -0.338 e. The summed E-state index contributed by atoms with van der Waals surface area (Å²) in [5.41, 5.74) is 1.96. The lowest BCUT2D eigenvalue weighted by Gasteiger charge is -2.12. The van der Waals surface area contributed by atoms with Gasteiger partial charge < -0.3 is 4.52 Å². The molecular weight excluding hydrogens is 320 g/mol. The number of hydrogen-bond donors (Lipinski definition) is 0. The number of aromatic nitrogens is 2. The molecule has 20 heavy (non-hydrogen) atoms. The van der Waals surface area contributed by atoms with Crippen molar-refractivity contribution in [2.75, 3.05) is 0 Å². The average Bonchev–Trinajstić information content (AvgIpc) is 2.76. The zero-order valence-corrected chi connectivity index (χ0v) is 13.6. The second-order valence-electron chi connectivity index (χ2n) is 5.25. The van der Waals surface area contributed by atoms with Gasteiger partial charge in [-0.3, -0.25) is 4.79 Å². The largest absolute Gasteiger partial charge is 0.338 e. The number of carbonyl (C=O) groups is 1. The third-order valence-corrected chi connectivity index (χ3v) is 3.74. The van der Waals surface area contributed by atoms with Crippen molar-refractivity contribution in [2.45, 2.75) is 33.6 Å². The first-order valence-electron chi connectivity index (χ1n) is 6.50. The van der Waals surface area contributed by atoms with Gasteiger partial charge in [-0.1, -0.05) is 34.9 Å². The first kappa shape index (κ1) is 14.9. The minimum absolute atomic E-state index is 0.0442. The Morgan fingerprint density at radius 1 is 1.35 bits per heavy atom. The third kappa shape index (κ3) is 2.98. The van der Waals surface area contributed by atoms with Crippen LogP contribution in [-0.4, -0.2) is 15.9 Å². The van der Waals surface area contributed by atoms with E-state index in [1.54, 1.807) is 6.92 Å². The normalized spacial score (nSPS) is 12.7. The molecule has 0 spiro atoms. The highest BCUT2D eigenvalue weighted by Crippen LogP contribution is 2.28. The Balaban J connectivity index is 2.40. The molecule has 0 N–H and O–H groups in total. The van der Waals surface area contributed by atoms with E-state index in [0.717, 1.165) is 15.6 Å². The molecule has 1 unspecified atom stereocenters. The Morgan fingerprint density at radius 2 is 2.05 bits per heavy atom. The molecule has 106 valence electrons. The van der Waals surface area contributed by atoms with Gasteiger partial charge >= 0.3 is 0 Å². The number of aryl methyl sites for hydroxylation is 1. The van der Waals surface area contributed by atoms with Crippen molar-refractivity contribution in [2.24, 2.45) is 5.92 Å². The standard InChI is InChI=1S/C15H17BrN2O2/c1-8(2)13(10(4)19)15-17-14(18-20-15)12-6-5-11(16)7-9(12)3/h5-8,13H,1-4H3. The summed E-state index contributed by atoms with van der Waals surface area (Å²) in [6.07, 6.45) is 0. The van der Waals surface area contributed by atoms with Crippen molar-refractivity contribution in [3.63, 3.8) is 0 Å². The molecule has 1 heterocycles. The maximum atomic E-state index is 11.7. The molecular formula is C15H17BrN2O2. The highest BCUT2D eigenvalue weighted by Gasteiger charge is 2.27. The van der Waals surface area contributed by atoms with Crippen LogP contribution in [0.3, 0.4) is 0 Å². The van der Waals surface area contributed by atoms with Crippen LogP contribution < -0.4 is 0 Å². The van der Waals surface area contributed by atoms with Gasteiger partial charge in [0.15, 0.2) is 0 Å². The van der Waals surface area contributed by atoms with E-state index in [2.05, 4.69) is 26.1 Å². The fraction of sp³-hybridized carbons (Fsp3) is 0.400. The summed E-state index contributed by atoms with van der Waals surface area (Å²) in [7, 11) is 0. The number of nitrogens with zero attached hydrogens (tertiary/aromatic N) is 2. The number of rotatable bonds is 4. The van der Waals surface area contributed by atoms with E-state index in [4.69, 9.17) is 4.52 Å². The molecule has 2 aromatic rings. The number of ketones is 1. The molecule has 1 atom stereocenters. The van der Waals surface area contributed by atoms with Crippen LogP contribution in [0, 0.1) is 12.8 Å². The molecule has 4 nitrogen and oxygen atoms in total. The lowest BCUT2D eigenvalue weighted by Crippen LogP contribution is -2.15. The summed E-state index contributed by atoms with van der Waals surface area (Å²) in [4.78, 5) is 16.1. The van der Waals surface area contributed by atoms with Crippen LogP contribution in [0.2, 0.25) is 0 Å². The van der Waals surface area contributed by atoms with Gasteiger partial charge in [0.2, 0.25) is 11.7 Å². The summed E-state index contributed by atoms with van der Waals surface area (Å²) in [6, 6.07) is 5.87. The van der Waals surface area contributed by atoms with Crippen molar-refractivity contribution < 1.29 is 9.32 Å². The highest BCUT2D eigenvalue weighted by atomic mass is 79.9. The van der Waals surface area contributed by atoms with E-state index in [9.17, 15) is 4.79 Å². The van der Waals surface area contributed by atoms with Gasteiger partial charge in [0, 0.05) is 10.0 Å². The Bertz CT molecular complexity index is 635. The molecule has 0 saturated heterocycles. The molecule has 0 saturated carbocycles. The fourth-order valence-corrected chi connectivity index (χ4v) is 2.75. The molecule has 1 aromatic heterocycles. The molecule has 5 heteroatoms. The van der Waals surface area contributed by atoms with Crippen LogP contribution in [-0.2, 0) is 4.79 Å². The fourth-order valence-electron chi connectivity index (χ4n) is 2.28. The van der Waals surface area contributed by atoms with Crippen LogP contribution in [0.5, 0.6) is 0 Å². The maximum Gasteiger partial charge on any atom is 0.237 e. The van der Waals surface area contributed by atoms with Crippen molar-refractivity contribution in [1.29, 1.82) is 0 Å². The molecule has 0 fully saturated rings. The van der Waals surface area contributed by atoms with E-state index in [1.807, 2.05) is 39.0 Å². The average molecular weight is 337 g/mol. The number of hydrogen-bond acceptors (Lipinski definition) is 4. The zero-order valence-electron chi connectivity index (χ0n) is 12.0. The van der Waals surface area contributed by atoms with Crippen LogP contribution in [0.15, 0.2) is 27.2 Å². The van der Waals surface area contributed by atoms with Gasteiger partial charge in [0.25, 0.3) is 0 Å². The van der Waals surface area contributed by atoms with Crippen molar-refractivity contribution in [1.82, 2.24) is 10.1 Å². The van der Waals surface area contributed by atoms with E-state index >= 15 is 0 Å². The summed E-state index contributed by atoms with van der Waals surface area (Å²) in [6.45, 7) is 7.49. The van der Waals surface area contributed by atoms with Gasteiger partial charge in [0.05, 0.1) is 5.92 Å². The molecule has 0 aliphatic rings. The lowest BCUT2D eigenvalue weighted by molar-refractivity contribution is -0.119. The molecule has 2 rings (SSSR count). The smallest absolute Gasteiger partial charge is 0.237 e. The summed E-state index contributed by atoms with van der Waals surface area (Å²) < 4.78 is 6.30. The Kier molecular flexibility index (Phi) is 4.38. The summed E-state index contributed by atoms with van der Waals surface area (Å²) >= 11 is 3.43. The van der Waals surface area contributed by atoms with Crippen LogP contribution in [0.4, 0.5) is 0 Å². The SMILES string of the molecule is CC(=O)C(c1nc(-c2ccc(Br)cc2C)no1)C(C)C. The molecule has 0 radical (unpaired) electrons. The van der Waals surface area contributed by atoms with Gasteiger partial charge in [-0.05, 0) is 43.5 Å². The van der Waals surface area contributed by atoms with Gasteiger partial charge in [-0.25, -0.2) is 0 Å². The molecule has 0 aliphatic carbocycles. The monoisotopic (exact) mass is 336 g/mol. The van der Waals surface area contributed by atoms with Crippen molar-refractivity contribution in [3.8, 4) is 11.4 Å². The van der Waals surface area contributed by atoms with Crippen LogP contribution in [0.1, 0.15) is 38.1 Å². The number of benzene rings is 1.